The third kappa shape index (κ3) is 5.90. The minimum Gasteiger partial charge on any atom is -0.353 e. The number of likely N-dealkylation sites (N-methyl/N-ethyl adjacent to an activating group) is 1. The van der Waals surface area contributed by atoms with Crippen molar-refractivity contribution in [2.45, 2.75) is 35.9 Å². The highest BCUT2D eigenvalue weighted by Crippen LogP contribution is 2.20. The number of nitrogens with one attached hydrogen (secondary N) is 1. The Morgan fingerprint density at radius 1 is 1.13 bits per heavy atom. The largest absolute Gasteiger partial charge is 0.353 e. The van der Waals surface area contributed by atoms with Crippen LogP contribution in [0.3, 0.4) is 0 Å². The maximum atomic E-state index is 12.5. The van der Waals surface area contributed by atoms with Crippen LogP contribution in [0.2, 0.25) is 0 Å². The van der Waals surface area contributed by atoms with Crippen LogP contribution in [0, 0.1) is 0 Å². The van der Waals surface area contributed by atoms with E-state index in [0.717, 1.165) is 21.2 Å². The van der Waals surface area contributed by atoms with Gasteiger partial charge < -0.3 is 10.2 Å². The zero-order chi connectivity index (χ0) is 21.6. The molecule has 2 heterocycles. The summed E-state index contributed by atoms with van der Waals surface area (Å²) >= 11 is 1.13. The molecule has 30 heavy (non-hydrogen) atoms. The highest BCUT2D eigenvalue weighted by Gasteiger charge is 2.28. The molecular formula is C21H27N3O4S2. The number of nitrogens with zero attached hydrogens (tertiary/aromatic N) is 2. The standard InChI is InChI=1S/C21H27N3O4S2/c1-23(30(27,28)21-8-5-15-29-21)16-20(26)24-13-11-18(12-14-24)22-19(25)10-9-17-6-3-2-4-7-17/h2-8,15,18H,9-14,16H2,1H3,(H,22,25). The van der Waals surface area contributed by atoms with E-state index in [9.17, 15) is 18.0 Å². The summed E-state index contributed by atoms with van der Waals surface area (Å²) in [5, 5.41) is 4.75. The molecule has 0 aliphatic carbocycles. The van der Waals surface area contributed by atoms with Crippen molar-refractivity contribution in [3.8, 4) is 0 Å². The number of likely N-dealkylation sites (tertiary alicyclic amines) is 1. The summed E-state index contributed by atoms with van der Waals surface area (Å²) in [6, 6.07) is 13.1. The minimum absolute atomic E-state index is 0.0189. The zero-order valence-corrected chi connectivity index (χ0v) is 18.6. The second-order valence-electron chi connectivity index (χ2n) is 7.40. The SMILES string of the molecule is CN(CC(=O)N1CCC(NC(=O)CCc2ccccc2)CC1)S(=O)(=O)c1cccs1. The number of carbonyl (C=O) groups is 2. The lowest BCUT2D eigenvalue weighted by atomic mass is 10.0. The maximum Gasteiger partial charge on any atom is 0.252 e. The quantitative estimate of drug-likeness (QED) is 0.669. The summed E-state index contributed by atoms with van der Waals surface area (Å²) in [4.78, 5) is 26.4. The monoisotopic (exact) mass is 449 g/mol. The van der Waals surface area contributed by atoms with E-state index >= 15 is 0 Å². The van der Waals surface area contributed by atoms with Crippen molar-refractivity contribution in [2.75, 3.05) is 26.7 Å². The van der Waals surface area contributed by atoms with E-state index in [1.54, 1.807) is 16.3 Å². The molecule has 9 heteroatoms. The number of hydrogen-bond acceptors (Lipinski definition) is 5. The Hall–Kier alpha value is -2.23. The summed E-state index contributed by atoms with van der Waals surface area (Å²) in [5.41, 5.74) is 1.13. The molecule has 1 saturated heterocycles. The van der Waals surface area contributed by atoms with Crippen molar-refractivity contribution >= 4 is 33.2 Å². The predicted molar refractivity (Wildman–Crippen MR) is 117 cm³/mol. The van der Waals surface area contributed by atoms with Gasteiger partial charge in [0.25, 0.3) is 10.0 Å². The summed E-state index contributed by atoms with van der Waals surface area (Å²) in [7, 11) is -2.21. The molecule has 2 aromatic rings. The van der Waals surface area contributed by atoms with Gasteiger partial charge in [-0.2, -0.15) is 4.31 Å². The normalized spacial score (nSPS) is 15.3. The molecule has 1 aromatic heterocycles. The second kappa shape index (κ2) is 10.2. The molecule has 0 atom stereocenters. The van der Waals surface area contributed by atoms with E-state index in [1.807, 2.05) is 30.3 Å². The number of sulfonamides is 1. The topological polar surface area (TPSA) is 86.8 Å². The summed E-state index contributed by atoms with van der Waals surface area (Å²) in [6.07, 6.45) is 2.48. The van der Waals surface area contributed by atoms with Gasteiger partial charge in [-0.3, -0.25) is 9.59 Å². The van der Waals surface area contributed by atoms with Crippen LogP contribution in [-0.2, 0) is 26.0 Å². The lowest BCUT2D eigenvalue weighted by Crippen LogP contribution is -2.49. The zero-order valence-electron chi connectivity index (χ0n) is 17.0. The highest BCUT2D eigenvalue weighted by atomic mass is 32.2. The molecule has 1 aliphatic rings. The second-order valence-corrected chi connectivity index (χ2v) is 10.6. The van der Waals surface area contributed by atoms with Gasteiger partial charge in [0.15, 0.2) is 0 Å². The van der Waals surface area contributed by atoms with E-state index in [1.165, 1.54) is 13.1 Å². The fourth-order valence-electron chi connectivity index (χ4n) is 3.41. The number of thiophene rings is 1. The fourth-order valence-corrected chi connectivity index (χ4v) is 5.74. The van der Waals surface area contributed by atoms with Gasteiger partial charge in [-0.25, -0.2) is 8.42 Å². The molecule has 0 bridgehead atoms. The van der Waals surface area contributed by atoms with Gasteiger partial charge in [-0.15, -0.1) is 11.3 Å². The van der Waals surface area contributed by atoms with Crippen LogP contribution < -0.4 is 5.32 Å². The van der Waals surface area contributed by atoms with Gasteiger partial charge >= 0.3 is 0 Å². The van der Waals surface area contributed by atoms with Crippen LogP contribution >= 0.6 is 11.3 Å². The van der Waals surface area contributed by atoms with E-state index in [0.29, 0.717) is 38.8 Å². The summed E-state index contributed by atoms with van der Waals surface area (Å²) in [6.45, 7) is 0.832. The molecule has 0 spiro atoms. The number of hydrogen-bond donors (Lipinski definition) is 1. The van der Waals surface area contributed by atoms with Crippen LogP contribution in [0.4, 0.5) is 0 Å². The van der Waals surface area contributed by atoms with E-state index in [-0.39, 0.29) is 28.6 Å². The Kier molecular flexibility index (Phi) is 7.63. The first-order valence-electron chi connectivity index (χ1n) is 9.97. The van der Waals surface area contributed by atoms with Gasteiger partial charge in [-0.05, 0) is 36.3 Å². The first-order chi connectivity index (χ1) is 14.4. The number of carbonyl (C=O) groups excluding carboxylic acids is 2. The Morgan fingerprint density at radius 2 is 1.83 bits per heavy atom. The van der Waals surface area contributed by atoms with Crippen LogP contribution in [0.15, 0.2) is 52.1 Å². The third-order valence-electron chi connectivity index (χ3n) is 5.21. The van der Waals surface area contributed by atoms with Crippen molar-refractivity contribution in [3.63, 3.8) is 0 Å². The van der Waals surface area contributed by atoms with Gasteiger partial charge in [0.2, 0.25) is 11.8 Å². The molecule has 3 rings (SSSR count). The Bertz CT molecular complexity index is 938. The Balaban J connectivity index is 1.41. The van der Waals surface area contributed by atoms with Gasteiger partial charge in [-0.1, -0.05) is 36.4 Å². The number of benzene rings is 1. The van der Waals surface area contributed by atoms with Crippen LogP contribution in [0.5, 0.6) is 0 Å². The van der Waals surface area contributed by atoms with E-state index in [4.69, 9.17) is 0 Å². The van der Waals surface area contributed by atoms with Gasteiger partial charge in [0.05, 0.1) is 6.54 Å². The Morgan fingerprint density at radius 3 is 2.47 bits per heavy atom. The smallest absolute Gasteiger partial charge is 0.252 e. The fraction of sp³-hybridized carbons (Fsp3) is 0.429. The van der Waals surface area contributed by atoms with Gasteiger partial charge in [0, 0.05) is 32.6 Å². The molecule has 7 nitrogen and oxygen atoms in total. The molecule has 1 N–H and O–H groups in total. The van der Waals surface area contributed by atoms with Crippen molar-refractivity contribution in [3.05, 3.63) is 53.4 Å². The average Bonchev–Trinajstić information content (AvgIpc) is 3.29. The number of amides is 2. The number of piperidine rings is 1. The minimum atomic E-state index is -3.64. The molecular weight excluding hydrogens is 422 g/mol. The molecule has 2 amide bonds. The van der Waals surface area contributed by atoms with E-state index < -0.39 is 10.0 Å². The van der Waals surface area contributed by atoms with Crippen LogP contribution in [0.1, 0.15) is 24.8 Å². The van der Waals surface area contributed by atoms with Crippen molar-refractivity contribution in [1.29, 1.82) is 0 Å². The number of rotatable bonds is 8. The van der Waals surface area contributed by atoms with Crippen LogP contribution in [-0.4, -0.2) is 62.2 Å². The van der Waals surface area contributed by atoms with Crippen molar-refractivity contribution in [2.24, 2.45) is 0 Å². The molecule has 1 aromatic carbocycles. The van der Waals surface area contributed by atoms with Crippen LogP contribution in [0.25, 0.3) is 0 Å². The van der Waals surface area contributed by atoms with E-state index in [2.05, 4.69) is 5.32 Å². The molecule has 0 unspecified atom stereocenters. The highest BCUT2D eigenvalue weighted by molar-refractivity contribution is 7.91. The number of aryl methyl sites for hydroxylation is 1. The first-order valence-corrected chi connectivity index (χ1v) is 12.3. The molecule has 1 fully saturated rings. The summed E-state index contributed by atoms with van der Waals surface area (Å²) < 4.78 is 26.3. The third-order valence-corrected chi connectivity index (χ3v) is 8.39. The molecule has 1 aliphatic heterocycles. The maximum absolute atomic E-state index is 12.5. The van der Waals surface area contributed by atoms with Crippen molar-refractivity contribution < 1.29 is 18.0 Å². The molecule has 162 valence electrons. The van der Waals surface area contributed by atoms with Crippen molar-refractivity contribution in [1.82, 2.24) is 14.5 Å². The summed E-state index contributed by atoms with van der Waals surface area (Å²) in [5.74, 6) is -0.197. The first kappa shape index (κ1) is 22.5. The van der Waals surface area contributed by atoms with Gasteiger partial charge in [0.1, 0.15) is 4.21 Å². The average molecular weight is 450 g/mol. The molecule has 0 radical (unpaired) electrons. The lowest BCUT2D eigenvalue weighted by molar-refractivity contribution is -0.132. The molecule has 0 saturated carbocycles. The lowest BCUT2D eigenvalue weighted by Gasteiger charge is -2.33. The predicted octanol–water partition coefficient (Wildman–Crippen LogP) is 2.11. The Labute approximate surface area is 181 Å².